The second-order valence-electron chi connectivity index (χ2n) is 3.57. The molecule has 14 heavy (non-hydrogen) atoms. The predicted octanol–water partition coefficient (Wildman–Crippen LogP) is 1.77. The summed E-state index contributed by atoms with van der Waals surface area (Å²) in [6, 6.07) is 2.60. The van der Waals surface area contributed by atoms with E-state index in [-0.39, 0.29) is 0 Å². The molecule has 1 aliphatic heterocycles. The standard InChI is InChI=1S/C10H13IN2O/c1-13-3-2-9(13)7-14-10-4-8(11)5-12-6-10/h4-6,9H,2-3,7H2,1H3/t9-/m0/s1. The smallest absolute Gasteiger partial charge is 0.138 e. The molecule has 2 heterocycles. The lowest BCUT2D eigenvalue weighted by Crippen LogP contribution is -2.48. The fourth-order valence-corrected chi connectivity index (χ4v) is 1.91. The largest absolute Gasteiger partial charge is 0.490 e. The monoisotopic (exact) mass is 304 g/mol. The van der Waals surface area contributed by atoms with E-state index in [1.165, 1.54) is 13.0 Å². The first kappa shape index (κ1) is 10.2. The van der Waals surface area contributed by atoms with Gasteiger partial charge in [0, 0.05) is 15.8 Å². The zero-order valence-corrected chi connectivity index (χ0v) is 10.3. The lowest BCUT2D eigenvalue weighted by molar-refractivity contribution is 0.0767. The maximum atomic E-state index is 5.65. The summed E-state index contributed by atoms with van der Waals surface area (Å²) >= 11 is 2.24. The fourth-order valence-electron chi connectivity index (χ4n) is 1.44. The number of ether oxygens (including phenoxy) is 1. The van der Waals surface area contributed by atoms with Crippen LogP contribution in [0, 0.1) is 3.57 Å². The quantitative estimate of drug-likeness (QED) is 0.796. The van der Waals surface area contributed by atoms with E-state index < -0.39 is 0 Å². The first-order chi connectivity index (χ1) is 6.75. The Morgan fingerprint density at radius 2 is 2.50 bits per heavy atom. The SMILES string of the molecule is CN1CC[C@H]1COc1cncc(I)c1. The predicted molar refractivity (Wildman–Crippen MR) is 63.5 cm³/mol. The average molecular weight is 304 g/mol. The number of halogens is 1. The summed E-state index contributed by atoms with van der Waals surface area (Å²) in [4.78, 5) is 6.39. The van der Waals surface area contributed by atoms with Gasteiger partial charge in [-0.2, -0.15) is 0 Å². The number of rotatable bonds is 3. The Bertz CT molecular complexity index is 319. The maximum absolute atomic E-state index is 5.65. The molecule has 1 aromatic heterocycles. The van der Waals surface area contributed by atoms with Crippen LogP contribution in [0.4, 0.5) is 0 Å². The fraction of sp³-hybridized carbons (Fsp3) is 0.500. The van der Waals surface area contributed by atoms with E-state index in [4.69, 9.17) is 4.74 Å². The number of hydrogen-bond acceptors (Lipinski definition) is 3. The normalized spacial score (nSPS) is 21.7. The van der Waals surface area contributed by atoms with Gasteiger partial charge in [-0.25, -0.2) is 0 Å². The van der Waals surface area contributed by atoms with E-state index in [9.17, 15) is 0 Å². The van der Waals surface area contributed by atoms with Crippen molar-refractivity contribution in [1.82, 2.24) is 9.88 Å². The molecule has 1 atom stereocenters. The molecular formula is C10H13IN2O. The van der Waals surface area contributed by atoms with Crippen molar-refractivity contribution < 1.29 is 4.74 Å². The highest BCUT2D eigenvalue weighted by Gasteiger charge is 2.24. The minimum atomic E-state index is 0.591. The highest BCUT2D eigenvalue weighted by Crippen LogP contribution is 2.17. The molecule has 0 radical (unpaired) electrons. The van der Waals surface area contributed by atoms with Gasteiger partial charge in [0.1, 0.15) is 12.4 Å². The van der Waals surface area contributed by atoms with Crippen LogP contribution in [0.25, 0.3) is 0 Å². The van der Waals surface area contributed by atoms with Crippen LogP contribution in [0.5, 0.6) is 5.75 Å². The summed E-state index contributed by atoms with van der Waals surface area (Å²) in [6.45, 7) is 1.97. The topological polar surface area (TPSA) is 25.4 Å². The van der Waals surface area contributed by atoms with Gasteiger partial charge in [0.15, 0.2) is 0 Å². The lowest BCUT2D eigenvalue weighted by atomic mass is 10.1. The second kappa shape index (κ2) is 4.44. The van der Waals surface area contributed by atoms with Crippen LogP contribution >= 0.6 is 22.6 Å². The second-order valence-corrected chi connectivity index (χ2v) is 4.82. The molecule has 0 amide bonds. The highest BCUT2D eigenvalue weighted by molar-refractivity contribution is 14.1. The Balaban J connectivity index is 1.85. The van der Waals surface area contributed by atoms with Crippen molar-refractivity contribution in [3.63, 3.8) is 0 Å². The van der Waals surface area contributed by atoms with Gasteiger partial charge >= 0.3 is 0 Å². The summed E-state index contributed by atoms with van der Waals surface area (Å²) < 4.78 is 6.77. The first-order valence-electron chi connectivity index (χ1n) is 4.69. The Labute approximate surface area is 97.6 Å². The van der Waals surface area contributed by atoms with Gasteiger partial charge in [0.2, 0.25) is 0 Å². The van der Waals surface area contributed by atoms with Crippen molar-refractivity contribution in [2.75, 3.05) is 20.2 Å². The van der Waals surface area contributed by atoms with Crippen LogP contribution in [0.1, 0.15) is 6.42 Å². The van der Waals surface area contributed by atoms with Crippen molar-refractivity contribution >= 4 is 22.6 Å². The molecule has 1 aromatic rings. The van der Waals surface area contributed by atoms with E-state index in [0.717, 1.165) is 15.9 Å². The van der Waals surface area contributed by atoms with E-state index in [0.29, 0.717) is 6.04 Å². The molecule has 0 saturated carbocycles. The lowest BCUT2D eigenvalue weighted by Gasteiger charge is -2.37. The third-order valence-corrected chi connectivity index (χ3v) is 3.15. The summed E-state index contributed by atoms with van der Waals surface area (Å²) in [5.41, 5.74) is 0. The van der Waals surface area contributed by atoms with Crippen molar-refractivity contribution in [1.29, 1.82) is 0 Å². The molecular weight excluding hydrogens is 291 g/mol. The Morgan fingerprint density at radius 3 is 3.07 bits per heavy atom. The van der Waals surface area contributed by atoms with Gasteiger partial charge < -0.3 is 4.74 Å². The zero-order valence-electron chi connectivity index (χ0n) is 8.11. The molecule has 0 unspecified atom stereocenters. The van der Waals surface area contributed by atoms with Gasteiger partial charge in [0.05, 0.1) is 6.20 Å². The molecule has 2 rings (SSSR count). The number of likely N-dealkylation sites (tertiary alicyclic amines) is 1. The molecule has 1 aliphatic rings. The third-order valence-electron chi connectivity index (χ3n) is 2.56. The Morgan fingerprint density at radius 1 is 1.64 bits per heavy atom. The molecule has 0 aromatic carbocycles. The van der Waals surface area contributed by atoms with Gasteiger partial charge in [-0.15, -0.1) is 0 Å². The van der Waals surface area contributed by atoms with Gasteiger partial charge in [-0.3, -0.25) is 9.88 Å². The van der Waals surface area contributed by atoms with Crippen molar-refractivity contribution in [2.24, 2.45) is 0 Å². The van der Waals surface area contributed by atoms with Crippen LogP contribution in [-0.4, -0.2) is 36.1 Å². The summed E-state index contributed by atoms with van der Waals surface area (Å²) in [6.07, 6.45) is 4.83. The minimum Gasteiger partial charge on any atom is -0.490 e. The number of nitrogens with zero attached hydrogens (tertiary/aromatic N) is 2. The maximum Gasteiger partial charge on any atom is 0.138 e. The Hall–Kier alpha value is -0.360. The van der Waals surface area contributed by atoms with E-state index in [2.05, 4.69) is 39.5 Å². The van der Waals surface area contributed by atoms with Crippen LogP contribution in [0.15, 0.2) is 18.5 Å². The average Bonchev–Trinajstić information content (AvgIpc) is 2.16. The van der Waals surface area contributed by atoms with Gasteiger partial charge in [-0.05, 0) is 48.7 Å². The molecule has 4 heteroatoms. The molecule has 1 fully saturated rings. The molecule has 0 spiro atoms. The molecule has 1 saturated heterocycles. The molecule has 0 N–H and O–H groups in total. The van der Waals surface area contributed by atoms with Gasteiger partial charge in [-0.1, -0.05) is 0 Å². The van der Waals surface area contributed by atoms with Crippen LogP contribution < -0.4 is 4.74 Å². The molecule has 76 valence electrons. The molecule has 0 aliphatic carbocycles. The summed E-state index contributed by atoms with van der Waals surface area (Å²) in [5, 5.41) is 0. The van der Waals surface area contributed by atoms with E-state index in [1.54, 1.807) is 6.20 Å². The zero-order chi connectivity index (χ0) is 9.97. The van der Waals surface area contributed by atoms with Crippen LogP contribution in [-0.2, 0) is 0 Å². The first-order valence-corrected chi connectivity index (χ1v) is 5.77. The molecule has 0 bridgehead atoms. The van der Waals surface area contributed by atoms with Crippen LogP contribution in [0.2, 0.25) is 0 Å². The van der Waals surface area contributed by atoms with Crippen molar-refractivity contribution in [3.05, 3.63) is 22.0 Å². The summed E-state index contributed by atoms with van der Waals surface area (Å²) in [5.74, 6) is 0.872. The highest BCUT2D eigenvalue weighted by atomic mass is 127. The van der Waals surface area contributed by atoms with E-state index >= 15 is 0 Å². The number of hydrogen-bond donors (Lipinski definition) is 0. The Kier molecular flexibility index (Phi) is 3.22. The van der Waals surface area contributed by atoms with E-state index in [1.807, 2.05) is 12.3 Å². The van der Waals surface area contributed by atoms with Crippen molar-refractivity contribution in [3.8, 4) is 5.75 Å². The van der Waals surface area contributed by atoms with Crippen molar-refractivity contribution in [2.45, 2.75) is 12.5 Å². The van der Waals surface area contributed by atoms with Gasteiger partial charge in [0.25, 0.3) is 0 Å². The minimum absolute atomic E-state index is 0.591. The third kappa shape index (κ3) is 2.36. The number of likely N-dealkylation sites (N-methyl/N-ethyl adjacent to an activating group) is 1. The summed E-state index contributed by atoms with van der Waals surface area (Å²) in [7, 11) is 2.13. The molecule has 3 nitrogen and oxygen atoms in total. The van der Waals surface area contributed by atoms with Crippen LogP contribution in [0.3, 0.4) is 0 Å². The number of pyridine rings is 1. The number of aromatic nitrogens is 1.